The molecule has 0 aromatic carbocycles. The molecule has 0 aromatic heterocycles. The van der Waals surface area contributed by atoms with Crippen LogP contribution in [0.4, 0.5) is 0 Å². The molecule has 1 saturated carbocycles. The van der Waals surface area contributed by atoms with E-state index in [2.05, 4.69) is 26.5 Å². The lowest BCUT2D eigenvalue weighted by Crippen LogP contribution is -2.56. The molecule has 0 saturated heterocycles. The third-order valence-corrected chi connectivity index (χ3v) is 4.69. The van der Waals surface area contributed by atoms with Crippen LogP contribution in [0.1, 0.15) is 65.2 Å². The number of nitrogens with two attached hydrogens (primary N) is 1. The molecule has 2 N–H and O–H groups in total. The van der Waals surface area contributed by atoms with Crippen LogP contribution in [0.5, 0.6) is 0 Å². The van der Waals surface area contributed by atoms with E-state index in [9.17, 15) is 0 Å². The minimum Gasteiger partial charge on any atom is -0.325 e. The Morgan fingerprint density at radius 1 is 1.20 bits per heavy atom. The topological polar surface area (TPSA) is 26.0 Å². The molecule has 15 heavy (non-hydrogen) atoms. The van der Waals surface area contributed by atoms with E-state index in [1.807, 2.05) is 0 Å². The van der Waals surface area contributed by atoms with Crippen LogP contribution in [0.3, 0.4) is 0 Å². The van der Waals surface area contributed by atoms with Crippen molar-refractivity contribution in [2.75, 3.05) is 0 Å². The Balaban J connectivity index is 2.88. The van der Waals surface area contributed by atoms with Crippen LogP contribution in [0.2, 0.25) is 0 Å². The van der Waals surface area contributed by atoms with Crippen LogP contribution in [0.15, 0.2) is 12.7 Å². The molecule has 0 spiro atoms. The van der Waals surface area contributed by atoms with Crippen LogP contribution in [0.25, 0.3) is 0 Å². The molecule has 0 aromatic rings. The average molecular weight is 209 g/mol. The quantitative estimate of drug-likeness (QED) is 0.680. The van der Waals surface area contributed by atoms with E-state index in [0.717, 1.165) is 6.42 Å². The van der Waals surface area contributed by atoms with Gasteiger partial charge in [-0.15, -0.1) is 6.58 Å². The smallest absolute Gasteiger partial charge is 0.0214 e. The molecule has 1 rings (SSSR count). The first-order valence-electron chi connectivity index (χ1n) is 6.54. The summed E-state index contributed by atoms with van der Waals surface area (Å²) in [5.74, 6) is 0. The Morgan fingerprint density at radius 3 is 2.13 bits per heavy atom. The summed E-state index contributed by atoms with van der Waals surface area (Å²) in [5.41, 5.74) is 7.07. The third kappa shape index (κ3) is 2.28. The van der Waals surface area contributed by atoms with Crippen LogP contribution in [-0.4, -0.2) is 5.54 Å². The average Bonchev–Trinajstić information content (AvgIpc) is 2.27. The van der Waals surface area contributed by atoms with Gasteiger partial charge < -0.3 is 5.73 Å². The summed E-state index contributed by atoms with van der Waals surface area (Å²) in [4.78, 5) is 0. The predicted molar refractivity (Wildman–Crippen MR) is 67.8 cm³/mol. The van der Waals surface area contributed by atoms with Crippen molar-refractivity contribution in [3.8, 4) is 0 Å². The van der Waals surface area contributed by atoms with E-state index < -0.39 is 0 Å². The van der Waals surface area contributed by atoms with Gasteiger partial charge in [-0.1, -0.05) is 39.2 Å². The van der Waals surface area contributed by atoms with Gasteiger partial charge >= 0.3 is 0 Å². The Hall–Kier alpha value is -0.300. The molecule has 0 amide bonds. The fourth-order valence-electron chi connectivity index (χ4n) is 3.44. The van der Waals surface area contributed by atoms with Crippen molar-refractivity contribution in [1.82, 2.24) is 0 Å². The lowest BCUT2D eigenvalue weighted by atomic mass is 9.59. The Morgan fingerprint density at radius 2 is 1.73 bits per heavy atom. The minimum absolute atomic E-state index is 0.0724. The summed E-state index contributed by atoms with van der Waals surface area (Å²) in [6.07, 6.45) is 11.9. The zero-order valence-electron chi connectivity index (χ0n) is 10.5. The molecule has 88 valence electrons. The minimum atomic E-state index is 0.0724. The van der Waals surface area contributed by atoms with E-state index >= 15 is 0 Å². The highest BCUT2D eigenvalue weighted by Gasteiger charge is 2.45. The molecule has 1 aliphatic carbocycles. The number of hydrogen-bond donors (Lipinski definition) is 1. The van der Waals surface area contributed by atoms with E-state index in [0.29, 0.717) is 5.41 Å². The van der Waals surface area contributed by atoms with Crippen molar-refractivity contribution in [3.63, 3.8) is 0 Å². The first kappa shape index (κ1) is 12.8. The summed E-state index contributed by atoms with van der Waals surface area (Å²) >= 11 is 0. The third-order valence-electron chi connectivity index (χ3n) is 4.69. The lowest BCUT2D eigenvalue weighted by Gasteiger charge is -2.50. The summed E-state index contributed by atoms with van der Waals surface area (Å²) in [7, 11) is 0. The van der Waals surface area contributed by atoms with Crippen molar-refractivity contribution in [2.45, 2.75) is 70.8 Å². The van der Waals surface area contributed by atoms with Crippen molar-refractivity contribution >= 4 is 0 Å². The Bertz CT molecular complexity index is 197. The van der Waals surface area contributed by atoms with Crippen LogP contribution in [-0.2, 0) is 0 Å². The maximum atomic E-state index is 6.70. The second-order valence-corrected chi connectivity index (χ2v) is 5.20. The highest BCUT2D eigenvalue weighted by atomic mass is 14.8. The van der Waals surface area contributed by atoms with Gasteiger partial charge in [0.1, 0.15) is 0 Å². The molecular weight excluding hydrogens is 182 g/mol. The van der Waals surface area contributed by atoms with Crippen molar-refractivity contribution in [3.05, 3.63) is 12.7 Å². The van der Waals surface area contributed by atoms with Crippen molar-refractivity contribution in [1.29, 1.82) is 0 Å². The van der Waals surface area contributed by atoms with Gasteiger partial charge in [0, 0.05) is 5.54 Å². The normalized spacial score (nSPS) is 21.3. The molecule has 1 nitrogen and oxygen atoms in total. The van der Waals surface area contributed by atoms with Crippen LogP contribution < -0.4 is 5.73 Å². The van der Waals surface area contributed by atoms with Gasteiger partial charge in [0.05, 0.1) is 0 Å². The first-order valence-corrected chi connectivity index (χ1v) is 6.54. The standard InChI is InChI=1S/C14H27N/c1-4-10-13(5-2,6-3)14(15)11-8-7-9-12-14/h4H,1,5-12,15H2,2-3H3. The van der Waals surface area contributed by atoms with Crippen LogP contribution in [0, 0.1) is 5.41 Å². The van der Waals surface area contributed by atoms with Crippen molar-refractivity contribution < 1.29 is 0 Å². The number of hydrogen-bond acceptors (Lipinski definition) is 1. The van der Waals surface area contributed by atoms with Gasteiger partial charge in [0.25, 0.3) is 0 Å². The van der Waals surface area contributed by atoms with Crippen molar-refractivity contribution in [2.24, 2.45) is 11.1 Å². The molecule has 0 aliphatic heterocycles. The summed E-state index contributed by atoms with van der Waals surface area (Å²) in [6, 6.07) is 0. The van der Waals surface area contributed by atoms with Gasteiger partial charge in [-0.05, 0) is 37.5 Å². The maximum absolute atomic E-state index is 6.70. The largest absolute Gasteiger partial charge is 0.325 e. The fraction of sp³-hybridized carbons (Fsp3) is 0.857. The summed E-state index contributed by atoms with van der Waals surface area (Å²) in [6.45, 7) is 8.49. The Labute approximate surface area is 95.1 Å². The second-order valence-electron chi connectivity index (χ2n) is 5.20. The van der Waals surface area contributed by atoms with Gasteiger partial charge in [-0.2, -0.15) is 0 Å². The van der Waals surface area contributed by atoms with Gasteiger partial charge in [0.15, 0.2) is 0 Å². The monoisotopic (exact) mass is 209 g/mol. The van der Waals surface area contributed by atoms with Gasteiger partial charge in [0.2, 0.25) is 0 Å². The van der Waals surface area contributed by atoms with Crippen LogP contribution >= 0.6 is 0 Å². The molecule has 0 unspecified atom stereocenters. The number of rotatable bonds is 5. The van der Waals surface area contributed by atoms with E-state index in [-0.39, 0.29) is 5.54 Å². The van der Waals surface area contributed by atoms with Gasteiger partial charge in [-0.3, -0.25) is 0 Å². The molecular formula is C14H27N. The maximum Gasteiger partial charge on any atom is 0.0214 e. The molecule has 0 heterocycles. The Kier molecular flexibility index (Phi) is 4.39. The molecule has 0 radical (unpaired) electrons. The fourth-order valence-corrected chi connectivity index (χ4v) is 3.44. The number of allylic oxidation sites excluding steroid dienone is 1. The zero-order chi connectivity index (χ0) is 11.4. The molecule has 1 heteroatoms. The second kappa shape index (κ2) is 5.16. The lowest BCUT2D eigenvalue weighted by molar-refractivity contribution is 0.0704. The van der Waals surface area contributed by atoms with E-state index in [1.54, 1.807) is 0 Å². The summed E-state index contributed by atoms with van der Waals surface area (Å²) < 4.78 is 0. The molecule has 0 bridgehead atoms. The summed E-state index contributed by atoms with van der Waals surface area (Å²) in [5, 5.41) is 0. The SMILES string of the molecule is C=CCC(CC)(CC)C1(N)CCCCC1. The van der Waals surface area contributed by atoms with Gasteiger partial charge in [-0.25, -0.2) is 0 Å². The van der Waals surface area contributed by atoms with E-state index in [4.69, 9.17) is 5.73 Å². The first-order chi connectivity index (χ1) is 7.14. The molecule has 0 atom stereocenters. The highest BCUT2D eigenvalue weighted by molar-refractivity contribution is 5.05. The molecule has 1 aliphatic rings. The highest BCUT2D eigenvalue weighted by Crippen LogP contribution is 2.47. The predicted octanol–water partition coefficient (Wildman–Crippen LogP) is 4.03. The van der Waals surface area contributed by atoms with E-state index in [1.165, 1.54) is 44.9 Å². The molecule has 1 fully saturated rings. The zero-order valence-corrected chi connectivity index (χ0v) is 10.5.